The minimum Gasteiger partial charge on any atom is -0.493 e. The Morgan fingerprint density at radius 1 is 0.925 bits per heavy atom. The number of methoxy groups -OCH3 is 1. The Kier molecular flexibility index (Phi) is 8.82. The van der Waals surface area contributed by atoms with E-state index in [0.29, 0.717) is 34.9 Å². The van der Waals surface area contributed by atoms with Gasteiger partial charge in [0, 0.05) is 23.2 Å². The number of halogens is 1. The lowest BCUT2D eigenvalue weighted by Gasteiger charge is -2.26. The molecule has 1 fully saturated rings. The Morgan fingerprint density at radius 2 is 1.73 bits per heavy atom. The van der Waals surface area contributed by atoms with Crippen LogP contribution in [0.1, 0.15) is 35.2 Å². The van der Waals surface area contributed by atoms with Crippen LogP contribution < -0.4 is 25.1 Å². The maximum atomic E-state index is 12.6. The number of nitrogens with one attached hydrogen (secondary N) is 2. The molecule has 0 bridgehead atoms. The summed E-state index contributed by atoms with van der Waals surface area (Å²) in [7, 11) is 1.51. The summed E-state index contributed by atoms with van der Waals surface area (Å²) in [5.74, 6) is 1.56. The topological polar surface area (TPSA) is 114 Å². The smallest absolute Gasteiger partial charge is 0.343 e. The Hall–Kier alpha value is -4.51. The van der Waals surface area contributed by atoms with Gasteiger partial charge in [0.2, 0.25) is 17.8 Å². The van der Waals surface area contributed by atoms with E-state index in [1.165, 1.54) is 13.5 Å². The van der Waals surface area contributed by atoms with Crippen molar-refractivity contribution in [2.45, 2.75) is 19.3 Å². The first-order valence-electron chi connectivity index (χ1n) is 12.9. The molecule has 1 saturated heterocycles. The van der Waals surface area contributed by atoms with Crippen molar-refractivity contribution in [3.8, 4) is 11.5 Å². The minimum atomic E-state index is -0.484. The van der Waals surface area contributed by atoms with Gasteiger partial charge in [-0.3, -0.25) is 0 Å². The number of hydrogen-bond donors (Lipinski definition) is 2. The van der Waals surface area contributed by atoms with Crippen molar-refractivity contribution in [1.82, 2.24) is 15.0 Å². The standard InChI is InChI=1S/C29H28BrN7O3/c1-39-25-17-20(13-14-24(25)40-26(38)21-9-8-10-22(30)18-21)19-31-36-28-33-27(32-23-11-4-2-5-12-23)34-29(35-28)37-15-6-3-7-16-37/h2,4-5,8-14,17-19H,3,6-7,15-16H2,1H3,(H2,32,33,34,35,36)/b31-19-. The normalized spacial score (nSPS) is 13.2. The van der Waals surface area contributed by atoms with Gasteiger partial charge < -0.3 is 19.7 Å². The summed E-state index contributed by atoms with van der Waals surface area (Å²) in [5, 5.41) is 7.57. The van der Waals surface area contributed by atoms with E-state index in [4.69, 9.17) is 9.47 Å². The SMILES string of the molecule is COc1cc(/C=N\Nc2nc(Nc3ccccc3)nc(N3CCCCC3)n2)ccc1OC(=O)c1cccc(Br)c1. The van der Waals surface area contributed by atoms with E-state index in [1.807, 2.05) is 36.4 Å². The number of nitrogens with zero attached hydrogens (tertiary/aromatic N) is 5. The maximum Gasteiger partial charge on any atom is 0.343 e. The molecule has 5 rings (SSSR count). The van der Waals surface area contributed by atoms with Crippen LogP contribution in [0.2, 0.25) is 0 Å². The van der Waals surface area contributed by atoms with Crippen LogP contribution in [-0.2, 0) is 0 Å². The van der Waals surface area contributed by atoms with Crippen molar-refractivity contribution >= 4 is 51.6 Å². The Balaban J connectivity index is 1.31. The summed E-state index contributed by atoms with van der Waals surface area (Å²) in [4.78, 5) is 28.5. The van der Waals surface area contributed by atoms with Gasteiger partial charge in [0.05, 0.1) is 18.9 Å². The highest BCUT2D eigenvalue weighted by atomic mass is 79.9. The minimum absolute atomic E-state index is 0.304. The van der Waals surface area contributed by atoms with Crippen LogP contribution in [0.3, 0.4) is 0 Å². The quantitative estimate of drug-likeness (QED) is 0.102. The van der Waals surface area contributed by atoms with Gasteiger partial charge in [0.15, 0.2) is 11.5 Å². The number of benzene rings is 3. The van der Waals surface area contributed by atoms with Crippen LogP contribution in [0, 0.1) is 0 Å². The summed E-state index contributed by atoms with van der Waals surface area (Å²) in [6.07, 6.45) is 5.02. The lowest BCUT2D eigenvalue weighted by molar-refractivity contribution is 0.0729. The zero-order valence-corrected chi connectivity index (χ0v) is 23.5. The second-order valence-electron chi connectivity index (χ2n) is 9.00. The third-order valence-corrected chi connectivity index (χ3v) is 6.61. The fraction of sp³-hybridized carbons (Fsp3) is 0.207. The van der Waals surface area contributed by atoms with E-state index in [2.05, 4.69) is 51.6 Å². The largest absolute Gasteiger partial charge is 0.493 e. The number of hydrogen-bond acceptors (Lipinski definition) is 10. The van der Waals surface area contributed by atoms with Crippen molar-refractivity contribution in [1.29, 1.82) is 0 Å². The molecule has 11 heteroatoms. The molecule has 0 atom stereocenters. The number of aromatic nitrogens is 3. The van der Waals surface area contributed by atoms with Crippen LogP contribution in [0.4, 0.5) is 23.5 Å². The highest BCUT2D eigenvalue weighted by Crippen LogP contribution is 2.29. The average molecular weight is 602 g/mol. The average Bonchev–Trinajstić information content (AvgIpc) is 2.98. The summed E-state index contributed by atoms with van der Waals surface area (Å²) in [6.45, 7) is 1.80. The number of anilines is 4. The van der Waals surface area contributed by atoms with Crippen LogP contribution in [-0.4, -0.2) is 47.3 Å². The van der Waals surface area contributed by atoms with E-state index in [1.54, 1.807) is 42.6 Å². The lowest BCUT2D eigenvalue weighted by Crippen LogP contribution is -2.31. The van der Waals surface area contributed by atoms with Gasteiger partial charge in [-0.2, -0.15) is 20.1 Å². The molecule has 1 aliphatic rings. The molecule has 0 radical (unpaired) electrons. The third-order valence-electron chi connectivity index (χ3n) is 6.12. The third kappa shape index (κ3) is 7.11. The molecule has 40 heavy (non-hydrogen) atoms. The van der Waals surface area contributed by atoms with Gasteiger partial charge in [-0.05, 0) is 73.4 Å². The maximum absolute atomic E-state index is 12.6. The molecule has 2 heterocycles. The molecule has 1 aromatic heterocycles. The zero-order chi connectivity index (χ0) is 27.7. The molecule has 2 N–H and O–H groups in total. The van der Waals surface area contributed by atoms with Gasteiger partial charge in [-0.1, -0.05) is 40.2 Å². The van der Waals surface area contributed by atoms with E-state index in [-0.39, 0.29) is 0 Å². The van der Waals surface area contributed by atoms with Crippen molar-refractivity contribution < 1.29 is 14.3 Å². The fourth-order valence-electron chi connectivity index (χ4n) is 4.14. The van der Waals surface area contributed by atoms with Gasteiger partial charge in [-0.25, -0.2) is 10.2 Å². The number of ether oxygens (including phenoxy) is 2. The van der Waals surface area contributed by atoms with Crippen molar-refractivity contribution in [3.05, 3.63) is 88.4 Å². The molecule has 1 aliphatic heterocycles. The number of carbonyl (C=O) groups is 1. The molecule has 3 aromatic carbocycles. The van der Waals surface area contributed by atoms with Gasteiger partial charge in [0.25, 0.3) is 0 Å². The highest BCUT2D eigenvalue weighted by molar-refractivity contribution is 9.10. The number of para-hydroxylation sites is 1. The fourth-order valence-corrected chi connectivity index (χ4v) is 4.54. The summed E-state index contributed by atoms with van der Waals surface area (Å²) in [6, 6.07) is 21.9. The van der Waals surface area contributed by atoms with E-state index < -0.39 is 5.97 Å². The Labute approximate surface area is 240 Å². The van der Waals surface area contributed by atoms with Gasteiger partial charge in [-0.15, -0.1) is 0 Å². The van der Waals surface area contributed by atoms with E-state index in [9.17, 15) is 4.79 Å². The first-order valence-corrected chi connectivity index (χ1v) is 13.6. The molecule has 0 aliphatic carbocycles. The molecule has 0 spiro atoms. The monoisotopic (exact) mass is 601 g/mol. The van der Waals surface area contributed by atoms with Crippen LogP contribution in [0.25, 0.3) is 0 Å². The number of rotatable bonds is 9. The predicted octanol–water partition coefficient (Wildman–Crippen LogP) is 6.04. The van der Waals surface area contributed by atoms with Gasteiger partial charge in [0.1, 0.15) is 0 Å². The Morgan fingerprint density at radius 3 is 2.50 bits per heavy atom. The highest BCUT2D eigenvalue weighted by Gasteiger charge is 2.17. The van der Waals surface area contributed by atoms with Crippen LogP contribution in [0.5, 0.6) is 11.5 Å². The number of piperidine rings is 1. The molecule has 10 nitrogen and oxygen atoms in total. The molecule has 0 amide bonds. The molecular weight excluding hydrogens is 574 g/mol. The molecule has 0 saturated carbocycles. The second-order valence-corrected chi connectivity index (χ2v) is 9.92. The number of carbonyl (C=O) groups excluding carboxylic acids is 1. The summed E-state index contributed by atoms with van der Waals surface area (Å²) in [5.41, 5.74) is 4.94. The predicted molar refractivity (Wildman–Crippen MR) is 159 cm³/mol. The van der Waals surface area contributed by atoms with Crippen LogP contribution >= 0.6 is 15.9 Å². The summed E-state index contributed by atoms with van der Waals surface area (Å²) >= 11 is 3.37. The summed E-state index contributed by atoms with van der Waals surface area (Å²) < 4.78 is 11.8. The van der Waals surface area contributed by atoms with Crippen LogP contribution in [0.15, 0.2) is 82.4 Å². The van der Waals surface area contributed by atoms with Crippen molar-refractivity contribution in [2.75, 3.05) is 35.8 Å². The number of esters is 1. The van der Waals surface area contributed by atoms with E-state index in [0.717, 1.165) is 41.7 Å². The van der Waals surface area contributed by atoms with Crippen molar-refractivity contribution in [3.63, 3.8) is 0 Å². The molecule has 0 unspecified atom stereocenters. The first-order chi connectivity index (χ1) is 19.6. The molecule has 204 valence electrons. The van der Waals surface area contributed by atoms with E-state index >= 15 is 0 Å². The van der Waals surface area contributed by atoms with Gasteiger partial charge >= 0.3 is 5.97 Å². The Bertz CT molecular complexity index is 1490. The first kappa shape index (κ1) is 27.1. The second kappa shape index (κ2) is 13.0. The molecule has 4 aromatic rings. The molecular formula is C29H28BrN7O3. The van der Waals surface area contributed by atoms with Crippen molar-refractivity contribution in [2.24, 2.45) is 5.10 Å². The zero-order valence-electron chi connectivity index (χ0n) is 21.9. The lowest BCUT2D eigenvalue weighted by atomic mass is 10.1. The number of hydrazone groups is 1.